The molecule has 0 radical (unpaired) electrons. The van der Waals surface area contributed by atoms with Crippen LogP contribution in [0.1, 0.15) is 39.0 Å². The van der Waals surface area contributed by atoms with Crippen molar-refractivity contribution >= 4 is 11.9 Å². The molecule has 1 aliphatic heterocycles. The summed E-state index contributed by atoms with van der Waals surface area (Å²) < 4.78 is 5.45. The van der Waals surface area contributed by atoms with Crippen LogP contribution in [0.5, 0.6) is 0 Å². The molecule has 0 spiro atoms. The zero-order valence-corrected chi connectivity index (χ0v) is 12.9. The lowest BCUT2D eigenvalue weighted by Crippen LogP contribution is -2.29. The van der Waals surface area contributed by atoms with E-state index in [1.807, 2.05) is 4.90 Å². The van der Waals surface area contributed by atoms with Crippen molar-refractivity contribution in [1.82, 2.24) is 20.4 Å². The summed E-state index contributed by atoms with van der Waals surface area (Å²) in [7, 11) is 0. The van der Waals surface area contributed by atoms with Crippen LogP contribution in [0.2, 0.25) is 0 Å². The number of nitrogens with one attached hydrogen (secondary N) is 2. The molecule has 0 atom stereocenters. The minimum atomic E-state index is 0.193. The minimum Gasteiger partial charge on any atom is -0.407 e. The summed E-state index contributed by atoms with van der Waals surface area (Å²) in [5.41, 5.74) is 0. The highest BCUT2D eigenvalue weighted by Crippen LogP contribution is 2.09. The summed E-state index contributed by atoms with van der Waals surface area (Å²) in [5, 5.41) is 14.1. The summed E-state index contributed by atoms with van der Waals surface area (Å²) in [6, 6.07) is 0.380. The first-order valence-electron chi connectivity index (χ1n) is 7.70. The van der Waals surface area contributed by atoms with Crippen LogP contribution in [0.3, 0.4) is 0 Å². The molecule has 7 heteroatoms. The molecule has 0 bridgehead atoms. The fraction of sp³-hybridized carbons (Fsp3) is 0.786. The monoisotopic (exact) mass is 295 g/mol. The summed E-state index contributed by atoms with van der Waals surface area (Å²) in [5.74, 6) is 1.34. The standard InChI is InChI=1S/C14H25N5O2/c1-11(2)9-15-10-12-17-18-14(21-12)16-6-5-13(20)19-7-3-4-8-19/h11,15H,3-10H2,1-2H3,(H,16,18). The quantitative estimate of drug-likeness (QED) is 0.751. The first kappa shape index (κ1) is 15.8. The number of likely N-dealkylation sites (tertiary alicyclic amines) is 1. The molecule has 2 heterocycles. The van der Waals surface area contributed by atoms with Crippen LogP contribution < -0.4 is 10.6 Å². The Balaban J connectivity index is 1.64. The highest BCUT2D eigenvalue weighted by molar-refractivity contribution is 5.76. The van der Waals surface area contributed by atoms with E-state index in [9.17, 15) is 4.79 Å². The van der Waals surface area contributed by atoms with Gasteiger partial charge in [0.1, 0.15) is 0 Å². The second-order valence-electron chi connectivity index (χ2n) is 5.79. The van der Waals surface area contributed by atoms with Gasteiger partial charge in [-0.15, -0.1) is 5.10 Å². The topological polar surface area (TPSA) is 83.3 Å². The Hall–Kier alpha value is -1.63. The second-order valence-corrected chi connectivity index (χ2v) is 5.79. The maximum Gasteiger partial charge on any atom is 0.315 e. The van der Waals surface area contributed by atoms with E-state index in [1.165, 1.54) is 0 Å². The van der Waals surface area contributed by atoms with Gasteiger partial charge >= 0.3 is 6.01 Å². The molecule has 1 saturated heterocycles. The van der Waals surface area contributed by atoms with Gasteiger partial charge in [-0.05, 0) is 25.3 Å². The van der Waals surface area contributed by atoms with Crippen molar-refractivity contribution in [3.63, 3.8) is 0 Å². The van der Waals surface area contributed by atoms with Crippen LogP contribution in [0.4, 0.5) is 6.01 Å². The third-order valence-corrected chi connectivity index (χ3v) is 3.37. The first-order chi connectivity index (χ1) is 10.1. The van der Waals surface area contributed by atoms with Gasteiger partial charge in [-0.3, -0.25) is 4.79 Å². The van der Waals surface area contributed by atoms with Crippen LogP contribution in [-0.4, -0.2) is 47.2 Å². The molecule has 2 rings (SSSR count). The van der Waals surface area contributed by atoms with Gasteiger partial charge in [0.15, 0.2) is 0 Å². The molecular weight excluding hydrogens is 270 g/mol. The molecule has 0 aromatic carbocycles. The van der Waals surface area contributed by atoms with E-state index in [0.717, 1.165) is 32.5 Å². The smallest absolute Gasteiger partial charge is 0.315 e. The Morgan fingerprint density at radius 3 is 2.81 bits per heavy atom. The maximum absolute atomic E-state index is 11.9. The predicted octanol–water partition coefficient (Wildman–Crippen LogP) is 1.24. The molecule has 0 unspecified atom stereocenters. The summed E-state index contributed by atoms with van der Waals surface area (Å²) >= 11 is 0. The molecule has 118 valence electrons. The summed E-state index contributed by atoms with van der Waals surface area (Å²) in [6.45, 7) is 8.08. The van der Waals surface area contributed by atoms with Crippen LogP contribution in [-0.2, 0) is 11.3 Å². The zero-order chi connectivity index (χ0) is 15.1. The SMILES string of the molecule is CC(C)CNCc1nnc(NCCC(=O)N2CCCC2)o1. The number of anilines is 1. The van der Waals surface area contributed by atoms with Gasteiger partial charge in [-0.2, -0.15) is 0 Å². The highest BCUT2D eigenvalue weighted by atomic mass is 16.4. The average molecular weight is 295 g/mol. The van der Waals surface area contributed by atoms with Crippen LogP contribution in [0.25, 0.3) is 0 Å². The lowest BCUT2D eigenvalue weighted by Gasteiger charge is -2.14. The van der Waals surface area contributed by atoms with Crippen molar-refractivity contribution in [2.45, 2.75) is 39.7 Å². The van der Waals surface area contributed by atoms with Crippen molar-refractivity contribution in [3.05, 3.63) is 5.89 Å². The predicted molar refractivity (Wildman–Crippen MR) is 79.8 cm³/mol. The molecule has 1 fully saturated rings. The zero-order valence-electron chi connectivity index (χ0n) is 12.9. The van der Waals surface area contributed by atoms with Crippen LogP contribution >= 0.6 is 0 Å². The molecule has 1 aromatic rings. The molecule has 21 heavy (non-hydrogen) atoms. The highest BCUT2D eigenvalue weighted by Gasteiger charge is 2.17. The van der Waals surface area contributed by atoms with E-state index < -0.39 is 0 Å². The first-order valence-corrected chi connectivity index (χ1v) is 7.70. The number of carbonyl (C=O) groups is 1. The van der Waals surface area contributed by atoms with Gasteiger partial charge in [-0.1, -0.05) is 18.9 Å². The fourth-order valence-electron chi connectivity index (χ4n) is 2.27. The third-order valence-electron chi connectivity index (χ3n) is 3.37. The molecule has 0 aliphatic carbocycles. The Labute approximate surface area is 125 Å². The second kappa shape index (κ2) is 7.97. The molecule has 2 N–H and O–H groups in total. The maximum atomic E-state index is 11.9. The van der Waals surface area contributed by atoms with Gasteiger partial charge in [0, 0.05) is 26.1 Å². The lowest BCUT2D eigenvalue weighted by molar-refractivity contribution is -0.129. The van der Waals surface area contributed by atoms with Crippen molar-refractivity contribution in [2.24, 2.45) is 5.92 Å². The summed E-state index contributed by atoms with van der Waals surface area (Å²) in [6.07, 6.45) is 2.70. The van der Waals surface area contributed by atoms with Crippen LogP contribution in [0, 0.1) is 5.92 Å². The molecule has 0 saturated carbocycles. The van der Waals surface area contributed by atoms with Gasteiger partial charge in [0.05, 0.1) is 6.54 Å². The number of nitrogens with zero attached hydrogens (tertiary/aromatic N) is 3. The number of amides is 1. The van der Waals surface area contributed by atoms with E-state index in [-0.39, 0.29) is 5.91 Å². The van der Waals surface area contributed by atoms with Crippen LogP contribution in [0.15, 0.2) is 4.42 Å². The van der Waals surface area contributed by atoms with Crippen molar-refractivity contribution in [3.8, 4) is 0 Å². The lowest BCUT2D eigenvalue weighted by atomic mass is 10.2. The minimum absolute atomic E-state index is 0.193. The van der Waals surface area contributed by atoms with Crippen molar-refractivity contribution < 1.29 is 9.21 Å². The average Bonchev–Trinajstić information content (AvgIpc) is 3.09. The molecule has 1 amide bonds. The van der Waals surface area contributed by atoms with E-state index in [2.05, 4.69) is 34.7 Å². The largest absolute Gasteiger partial charge is 0.407 e. The number of aromatic nitrogens is 2. The van der Waals surface area contributed by atoms with E-state index in [0.29, 0.717) is 37.3 Å². The van der Waals surface area contributed by atoms with E-state index in [1.54, 1.807) is 0 Å². The Morgan fingerprint density at radius 2 is 2.10 bits per heavy atom. The number of hydrogen-bond donors (Lipinski definition) is 2. The van der Waals surface area contributed by atoms with Gasteiger partial charge < -0.3 is 20.0 Å². The Kier molecular flexibility index (Phi) is 5.98. The number of hydrogen-bond acceptors (Lipinski definition) is 6. The number of carbonyl (C=O) groups excluding carboxylic acids is 1. The van der Waals surface area contributed by atoms with Crippen molar-refractivity contribution in [2.75, 3.05) is 31.5 Å². The normalized spacial score (nSPS) is 14.9. The summed E-state index contributed by atoms with van der Waals surface area (Å²) in [4.78, 5) is 13.8. The molecule has 1 aromatic heterocycles. The van der Waals surface area contributed by atoms with Gasteiger partial charge in [-0.25, -0.2) is 0 Å². The third kappa shape index (κ3) is 5.34. The molecular formula is C14H25N5O2. The Bertz CT molecular complexity index is 440. The van der Waals surface area contributed by atoms with E-state index in [4.69, 9.17) is 4.42 Å². The molecule has 7 nitrogen and oxygen atoms in total. The van der Waals surface area contributed by atoms with Crippen molar-refractivity contribution in [1.29, 1.82) is 0 Å². The van der Waals surface area contributed by atoms with Gasteiger partial charge in [0.2, 0.25) is 11.8 Å². The Morgan fingerprint density at radius 1 is 1.33 bits per heavy atom. The fourth-order valence-corrected chi connectivity index (χ4v) is 2.27. The van der Waals surface area contributed by atoms with Gasteiger partial charge in [0.25, 0.3) is 0 Å². The van der Waals surface area contributed by atoms with E-state index >= 15 is 0 Å². The molecule has 1 aliphatic rings. The number of rotatable bonds is 8.